The van der Waals surface area contributed by atoms with E-state index >= 15 is 0 Å². The molecule has 0 aromatic heterocycles. The van der Waals surface area contributed by atoms with Gasteiger partial charge >= 0.3 is 0 Å². The number of halogens is 1. The zero-order valence-corrected chi connectivity index (χ0v) is 11.8. The van der Waals surface area contributed by atoms with Crippen molar-refractivity contribution in [1.82, 2.24) is 0 Å². The van der Waals surface area contributed by atoms with Crippen molar-refractivity contribution in [1.29, 1.82) is 0 Å². The Morgan fingerprint density at radius 2 is 1.75 bits per heavy atom. The molecule has 20 heavy (non-hydrogen) atoms. The standard InChI is InChI=1S/C16H14ClNO2/c1-11(19)13-5-3-7-15(9-13)18-16(20)14-6-2-4-12(8-14)10-17/h2-9H,10H2,1H3,(H,18,20). The molecule has 0 heterocycles. The van der Waals surface area contributed by atoms with E-state index in [9.17, 15) is 9.59 Å². The Morgan fingerprint density at radius 1 is 1.05 bits per heavy atom. The van der Waals surface area contributed by atoms with Gasteiger partial charge in [-0.1, -0.05) is 24.3 Å². The Morgan fingerprint density at radius 3 is 2.45 bits per heavy atom. The van der Waals surface area contributed by atoms with Crippen LogP contribution in [0.1, 0.15) is 33.2 Å². The molecule has 0 saturated carbocycles. The SMILES string of the molecule is CC(=O)c1cccc(NC(=O)c2cccc(CCl)c2)c1. The number of benzene rings is 2. The maximum Gasteiger partial charge on any atom is 0.255 e. The van der Waals surface area contributed by atoms with E-state index in [0.717, 1.165) is 5.56 Å². The van der Waals surface area contributed by atoms with Gasteiger partial charge in [0, 0.05) is 22.7 Å². The number of carbonyl (C=O) groups excluding carboxylic acids is 2. The third kappa shape index (κ3) is 3.45. The third-order valence-corrected chi connectivity index (χ3v) is 3.18. The number of nitrogens with one attached hydrogen (secondary N) is 1. The van der Waals surface area contributed by atoms with E-state index in [0.29, 0.717) is 22.7 Å². The molecule has 0 radical (unpaired) electrons. The minimum absolute atomic E-state index is 0.0368. The number of alkyl halides is 1. The number of anilines is 1. The Kier molecular flexibility index (Phi) is 4.53. The van der Waals surface area contributed by atoms with Gasteiger partial charge in [0.25, 0.3) is 5.91 Å². The topological polar surface area (TPSA) is 46.2 Å². The van der Waals surface area contributed by atoms with Crippen molar-refractivity contribution >= 4 is 29.0 Å². The van der Waals surface area contributed by atoms with Crippen LogP contribution in [-0.4, -0.2) is 11.7 Å². The lowest BCUT2D eigenvalue weighted by Crippen LogP contribution is -2.12. The van der Waals surface area contributed by atoms with Crippen LogP contribution in [0.5, 0.6) is 0 Å². The van der Waals surface area contributed by atoms with Crippen LogP contribution < -0.4 is 5.32 Å². The number of rotatable bonds is 4. The molecule has 4 heteroatoms. The molecule has 1 N–H and O–H groups in total. The van der Waals surface area contributed by atoms with E-state index in [-0.39, 0.29) is 11.7 Å². The van der Waals surface area contributed by atoms with E-state index in [4.69, 9.17) is 11.6 Å². The largest absolute Gasteiger partial charge is 0.322 e. The smallest absolute Gasteiger partial charge is 0.255 e. The lowest BCUT2D eigenvalue weighted by atomic mass is 10.1. The fraction of sp³-hybridized carbons (Fsp3) is 0.125. The van der Waals surface area contributed by atoms with E-state index in [1.54, 1.807) is 42.5 Å². The normalized spacial score (nSPS) is 10.1. The zero-order chi connectivity index (χ0) is 14.5. The summed E-state index contributed by atoms with van der Waals surface area (Å²) in [6.45, 7) is 1.49. The van der Waals surface area contributed by atoms with Gasteiger partial charge in [-0.25, -0.2) is 0 Å². The van der Waals surface area contributed by atoms with Gasteiger partial charge in [-0.2, -0.15) is 0 Å². The van der Waals surface area contributed by atoms with Crippen LogP contribution in [-0.2, 0) is 5.88 Å². The van der Waals surface area contributed by atoms with Crippen LogP contribution in [0.15, 0.2) is 48.5 Å². The second kappa shape index (κ2) is 6.35. The predicted octanol–water partition coefficient (Wildman–Crippen LogP) is 3.88. The van der Waals surface area contributed by atoms with Gasteiger partial charge in [-0.05, 0) is 36.8 Å². The molecule has 0 aliphatic heterocycles. The van der Waals surface area contributed by atoms with Crippen LogP contribution in [0.4, 0.5) is 5.69 Å². The predicted molar refractivity (Wildman–Crippen MR) is 80.4 cm³/mol. The highest BCUT2D eigenvalue weighted by Gasteiger charge is 2.08. The van der Waals surface area contributed by atoms with E-state index < -0.39 is 0 Å². The van der Waals surface area contributed by atoms with Crippen LogP contribution >= 0.6 is 11.6 Å². The van der Waals surface area contributed by atoms with Crippen molar-refractivity contribution in [3.05, 3.63) is 65.2 Å². The van der Waals surface area contributed by atoms with Gasteiger partial charge in [-0.3, -0.25) is 9.59 Å². The molecule has 0 bridgehead atoms. The quantitative estimate of drug-likeness (QED) is 0.685. The molecule has 102 valence electrons. The minimum atomic E-state index is -0.224. The molecule has 0 aliphatic rings. The van der Waals surface area contributed by atoms with Gasteiger partial charge in [0.05, 0.1) is 0 Å². The van der Waals surface area contributed by atoms with Gasteiger partial charge < -0.3 is 5.32 Å². The Labute approximate surface area is 122 Å². The summed E-state index contributed by atoms with van der Waals surface area (Å²) in [5.41, 5.74) is 2.59. The monoisotopic (exact) mass is 287 g/mol. The summed E-state index contributed by atoms with van der Waals surface area (Å²) in [6, 6.07) is 14.0. The number of hydrogen-bond donors (Lipinski definition) is 1. The summed E-state index contributed by atoms with van der Waals surface area (Å²) >= 11 is 5.75. The molecular weight excluding hydrogens is 274 g/mol. The van der Waals surface area contributed by atoms with Crippen molar-refractivity contribution < 1.29 is 9.59 Å². The van der Waals surface area contributed by atoms with Crippen LogP contribution in [0.25, 0.3) is 0 Å². The van der Waals surface area contributed by atoms with Gasteiger partial charge in [0.1, 0.15) is 0 Å². The van der Waals surface area contributed by atoms with E-state index in [1.165, 1.54) is 6.92 Å². The Hall–Kier alpha value is -2.13. The van der Waals surface area contributed by atoms with E-state index in [1.807, 2.05) is 6.07 Å². The molecule has 0 spiro atoms. The van der Waals surface area contributed by atoms with E-state index in [2.05, 4.69) is 5.32 Å². The van der Waals surface area contributed by atoms with Crippen molar-refractivity contribution in [3.63, 3.8) is 0 Å². The highest BCUT2D eigenvalue weighted by atomic mass is 35.5. The fourth-order valence-electron chi connectivity index (χ4n) is 1.81. The molecule has 1 amide bonds. The number of Topliss-reactive ketones (excluding diaryl/α,β-unsaturated/α-hetero) is 1. The summed E-state index contributed by atoms with van der Waals surface area (Å²) in [7, 11) is 0. The van der Waals surface area contributed by atoms with Crippen molar-refractivity contribution in [3.8, 4) is 0 Å². The molecule has 0 saturated heterocycles. The lowest BCUT2D eigenvalue weighted by Gasteiger charge is -2.07. The average molecular weight is 288 g/mol. The molecule has 0 fully saturated rings. The maximum absolute atomic E-state index is 12.1. The first-order chi connectivity index (χ1) is 9.60. The highest BCUT2D eigenvalue weighted by Crippen LogP contribution is 2.14. The highest BCUT2D eigenvalue weighted by molar-refractivity contribution is 6.17. The van der Waals surface area contributed by atoms with Gasteiger partial charge in [0.15, 0.2) is 5.78 Å². The van der Waals surface area contributed by atoms with Crippen LogP contribution in [0.2, 0.25) is 0 Å². The maximum atomic E-state index is 12.1. The molecule has 2 aromatic rings. The Bertz CT molecular complexity index is 652. The number of carbonyl (C=O) groups is 2. The summed E-state index contributed by atoms with van der Waals surface area (Å²) in [6.07, 6.45) is 0. The number of ketones is 1. The van der Waals surface area contributed by atoms with Crippen molar-refractivity contribution in [2.75, 3.05) is 5.32 Å². The molecule has 0 atom stereocenters. The first kappa shape index (κ1) is 14.3. The molecule has 0 aliphatic carbocycles. The number of amides is 1. The first-order valence-corrected chi connectivity index (χ1v) is 6.71. The number of hydrogen-bond acceptors (Lipinski definition) is 2. The molecule has 3 nitrogen and oxygen atoms in total. The van der Waals surface area contributed by atoms with Crippen molar-refractivity contribution in [2.45, 2.75) is 12.8 Å². The van der Waals surface area contributed by atoms with Crippen LogP contribution in [0, 0.1) is 0 Å². The molecule has 2 aromatic carbocycles. The summed E-state index contributed by atoms with van der Waals surface area (Å²) in [4.78, 5) is 23.4. The average Bonchev–Trinajstić information content (AvgIpc) is 2.47. The summed E-state index contributed by atoms with van der Waals surface area (Å²) in [5.74, 6) is 0.101. The Balaban J connectivity index is 2.18. The summed E-state index contributed by atoms with van der Waals surface area (Å²) < 4.78 is 0. The second-order valence-electron chi connectivity index (χ2n) is 4.43. The van der Waals surface area contributed by atoms with Crippen LogP contribution in [0.3, 0.4) is 0 Å². The minimum Gasteiger partial charge on any atom is -0.322 e. The fourth-order valence-corrected chi connectivity index (χ4v) is 1.98. The molecule has 2 rings (SSSR count). The molecule has 0 unspecified atom stereocenters. The first-order valence-electron chi connectivity index (χ1n) is 6.17. The zero-order valence-electron chi connectivity index (χ0n) is 11.0. The second-order valence-corrected chi connectivity index (χ2v) is 4.69. The van der Waals surface area contributed by atoms with Gasteiger partial charge in [0.2, 0.25) is 0 Å². The summed E-state index contributed by atoms with van der Waals surface area (Å²) in [5, 5.41) is 2.77. The lowest BCUT2D eigenvalue weighted by molar-refractivity contribution is 0.101. The molecular formula is C16H14ClNO2. The van der Waals surface area contributed by atoms with Gasteiger partial charge in [-0.15, -0.1) is 11.6 Å². The van der Waals surface area contributed by atoms with Crippen molar-refractivity contribution in [2.24, 2.45) is 0 Å². The third-order valence-electron chi connectivity index (χ3n) is 2.87.